The van der Waals surface area contributed by atoms with E-state index in [4.69, 9.17) is 4.98 Å². The number of benzene rings is 2. The number of hydrogen-bond donors (Lipinski definition) is 0. The number of thioether (sulfide) groups is 1. The zero-order chi connectivity index (χ0) is 21.4. The Hall–Kier alpha value is -2.60. The van der Waals surface area contributed by atoms with Gasteiger partial charge in [0.1, 0.15) is 0 Å². The van der Waals surface area contributed by atoms with E-state index in [2.05, 4.69) is 6.07 Å². The summed E-state index contributed by atoms with van der Waals surface area (Å²) in [6.07, 6.45) is 6.24. The summed E-state index contributed by atoms with van der Waals surface area (Å²) < 4.78 is 1.87. The van der Waals surface area contributed by atoms with Crippen LogP contribution in [0.4, 0.5) is 5.69 Å². The zero-order valence-corrected chi connectivity index (χ0v) is 18.6. The van der Waals surface area contributed by atoms with Crippen LogP contribution >= 0.6 is 11.8 Å². The zero-order valence-electron chi connectivity index (χ0n) is 17.8. The van der Waals surface area contributed by atoms with E-state index in [-0.39, 0.29) is 22.8 Å². The second kappa shape index (κ2) is 8.50. The van der Waals surface area contributed by atoms with Gasteiger partial charge in [-0.1, -0.05) is 54.9 Å². The molecule has 0 radical (unpaired) electrons. The van der Waals surface area contributed by atoms with Gasteiger partial charge >= 0.3 is 0 Å². The van der Waals surface area contributed by atoms with Crippen molar-refractivity contribution >= 4 is 34.3 Å². The summed E-state index contributed by atoms with van der Waals surface area (Å²) in [6.45, 7) is 2.67. The average Bonchev–Trinajstić information content (AvgIpc) is 3.33. The van der Waals surface area contributed by atoms with Gasteiger partial charge in [0.25, 0.3) is 5.56 Å². The second-order valence-corrected chi connectivity index (χ2v) is 9.82. The SMILES string of the molecule is CC(Sc1nc2ccccc2c(=O)n1C1CCCC1)C(=O)N1CCCc2ccccc21. The predicted octanol–water partition coefficient (Wildman–Crippen LogP) is 4.97. The lowest BCUT2D eigenvalue weighted by Crippen LogP contribution is -2.40. The van der Waals surface area contributed by atoms with Crippen LogP contribution in [0.15, 0.2) is 58.5 Å². The first kappa shape index (κ1) is 20.3. The van der Waals surface area contributed by atoms with E-state index >= 15 is 0 Å². The third-order valence-corrected chi connectivity index (χ3v) is 7.53. The van der Waals surface area contributed by atoms with Gasteiger partial charge in [0, 0.05) is 18.3 Å². The highest BCUT2D eigenvalue weighted by atomic mass is 32.2. The lowest BCUT2D eigenvalue weighted by atomic mass is 10.0. The van der Waals surface area contributed by atoms with Gasteiger partial charge in [0.2, 0.25) is 5.91 Å². The van der Waals surface area contributed by atoms with E-state index in [0.717, 1.165) is 50.8 Å². The Balaban J connectivity index is 1.49. The predicted molar refractivity (Wildman–Crippen MR) is 126 cm³/mol. The summed E-state index contributed by atoms with van der Waals surface area (Å²) in [5, 5.41) is 0.997. The first-order valence-electron chi connectivity index (χ1n) is 11.2. The smallest absolute Gasteiger partial charge is 0.262 e. The summed E-state index contributed by atoms with van der Waals surface area (Å²) in [5.41, 5.74) is 2.96. The second-order valence-electron chi connectivity index (χ2n) is 8.51. The highest BCUT2D eigenvalue weighted by molar-refractivity contribution is 8.00. The highest BCUT2D eigenvalue weighted by Gasteiger charge is 2.29. The number of hydrogen-bond acceptors (Lipinski definition) is 4. The molecule has 0 N–H and O–H groups in total. The number of anilines is 1. The Labute approximate surface area is 186 Å². The van der Waals surface area contributed by atoms with Gasteiger partial charge in [-0.2, -0.15) is 0 Å². The molecule has 2 aliphatic rings. The van der Waals surface area contributed by atoms with Gasteiger partial charge in [-0.25, -0.2) is 4.98 Å². The van der Waals surface area contributed by atoms with Crippen molar-refractivity contribution in [2.75, 3.05) is 11.4 Å². The molecule has 1 aromatic heterocycles. The molecule has 1 saturated carbocycles. The maximum absolute atomic E-state index is 13.4. The molecule has 1 unspecified atom stereocenters. The quantitative estimate of drug-likeness (QED) is 0.431. The molecule has 1 fully saturated rings. The summed E-state index contributed by atoms with van der Waals surface area (Å²) in [7, 11) is 0. The number of aryl methyl sites for hydroxylation is 1. The van der Waals surface area contributed by atoms with Crippen molar-refractivity contribution in [2.45, 2.75) is 61.9 Å². The molecule has 5 nitrogen and oxygen atoms in total. The number of carbonyl (C=O) groups excluding carboxylic acids is 1. The van der Waals surface area contributed by atoms with Crippen molar-refractivity contribution in [1.29, 1.82) is 0 Å². The molecule has 0 spiro atoms. The Morgan fingerprint density at radius 2 is 1.81 bits per heavy atom. The molecule has 6 heteroatoms. The van der Waals surface area contributed by atoms with Crippen molar-refractivity contribution in [3.05, 3.63) is 64.4 Å². The molecular weight excluding hydrogens is 406 g/mol. The van der Waals surface area contributed by atoms with E-state index in [1.807, 2.05) is 58.9 Å². The molecule has 5 rings (SSSR count). The topological polar surface area (TPSA) is 55.2 Å². The number of fused-ring (bicyclic) bond motifs is 2. The van der Waals surface area contributed by atoms with Crippen molar-refractivity contribution in [1.82, 2.24) is 9.55 Å². The summed E-state index contributed by atoms with van der Waals surface area (Å²) in [5.74, 6) is 0.0810. The molecule has 1 aliphatic carbocycles. The van der Waals surface area contributed by atoms with E-state index < -0.39 is 0 Å². The van der Waals surface area contributed by atoms with Crippen molar-refractivity contribution in [3.8, 4) is 0 Å². The van der Waals surface area contributed by atoms with Crippen molar-refractivity contribution < 1.29 is 4.79 Å². The van der Waals surface area contributed by atoms with Crippen molar-refractivity contribution in [3.63, 3.8) is 0 Å². The number of carbonyl (C=O) groups is 1. The Kier molecular flexibility index (Phi) is 5.57. The van der Waals surface area contributed by atoms with Gasteiger partial charge < -0.3 is 4.90 Å². The van der Waals surface area contributed by atoms with Gasteiger partial charge in [0.05, 0.1) is 16.2 Å². The van der Waals surface area contributed by atoms with E-state index in [1.54, 1.807) is 0 Å². The van der Waals surface area contributed by atoms with E-state index in [1.165, 1.54) is 17.3 Å². The minimum Gasteiger partial charge on any atom is -0.311 e. The summed E-state index contributed by atoms with van der Waals surface area (Å²) in [6, 6.07) is 15.9. The van der Waals surface area contributed by atoms with Gasteiger partial charge in [-0.3, -0.25) is 14.2 Å². The summed E-state index contributed by atoms with van der Waals surface area (Å²) in [4.78, 5) is 33.6. The van der Waals surface area contributed by atoms with Crippen LogP contribution in [0.2, 0.25) is 0 Å². The van der Waals surface area contributed by atoms with E-state index in [9.17, 15) is 9.59 Å². The van der Waals surface area contributed by atoms with Gasteiger partial charge in [-0.15, -0.1) is 0 Å². The average molecular weight is 434 g/mol. The molecule has 3 aromatic rings. The molecule has 160 valence electrons. The Bertz CT molecular complexity index is 1180. The number of nitrogens with zero attached hydrogens (tertiary/aromatic N) is 3. The number of rotatable bonds is 4. The van der Waals surface area contributed by atoms with Crippen LogP contribution in [0.25, 0.3) is 10.9 Å². The fourth-order valence-electron chi connectivity index (χ4n) is 4.88. The maximum Gasteiger partial charge on any atom is 0.262 e. The molecule has 2 aromatic carbocycles. The number of aromatic nitrogens is 2. The molecular formula is C25H27N3O2S. The largest absolute Gasteiger partial charge is 0.311 e. The fourth-order valence-corrected chi connectivity index (χ4v) is 5.92. The lowest BCUT2D eigenvalue weighted by molar-refractivity contribution is -0.117. The minimum atomic E-state index is -0.327. The molecule has 1 aliphatic heterocycles. The highest BCUT2D eigenvalue weighted by Crippen LogP contribution is 2.35. The van der Waals surface area contributed by atoms with Crippen LogP contribution in [-0.4, -0.2) is 27.3 Å². The lowest BCUT2D eigenvalue weighted by Gasteiger charge is -2.31. The third-order valence-electron chi connectivity index (χ3n) is 6.47. The molecule has 0 saturated heterocycles. The standard InChI is InChI=1S/C25H27N3O2S/c1-17(23(29)27-16-8-10-18-9-2-7-15-22(18)27)31-25-26-21-14-6-5-13-20(21)24(30)28(25)19-11-3-4-12-19/h2,5-7,9,13-15,17,19H,3-4,8,10-12,16H2,1H3. The Morgan fingerprint density at radius 1 is 1.06 bits per heavy atom. The minimum absolute atomic E-state index is 0.0166. The number of para-hydroxylation sites is 2. The first-order chi connectivity index (χ1) is 15.1. The van der Waals surface area contributed by atoms with Crippen LogP contribution < -0.4 is 10.5 Å². The summed E-state index contributed by atoms with van der Waals surface area (Å²) >= 11 is 1.42. The molecule has 1 atom stereocenters. The maximum atomic E-state index is 13.4. The van der Waals surface area contributed by atoms with Crippen molar-refractivity contribution in [2.24, 2.45) is 0 Å². The van der Waals surface area contributed by atoms with Crippen LogP contribution in [0.3, 0.4) is 0 Å². The van der Waals surface area contributed by atoms with Crippen LogP contribution in [0, 0.1) is 0 Å². The number of amides is 1. The van der Waals surface area contributed by atoms with E-state index in [0.29, 0.717) is 16.1 Å². The Morgan fingerprint density at radius 3 is 2.65 bits per heavy atom. The molecule has 1 amide bonds. The van der Waals surface area contributed by atoms with Crippen LogP contribution in [0.1, 0.15) is 50.6 Å². The first-order valence-corrected chi connectivity index (χ1v) is 12.1. The monoisotopic (exact) mass is 433 g/mol. The van der Waals surface area contributed by atoms with Crippen LogP contribution in [0.5, 0.6) is 0 Å². The third kappa shape index (κ3) is 3.78. The normalized spacial score (nSPS) is 17.6. The fraction of sp³-hybridized carbons (Fsp3) is 0.400. The molecule has 0 bridgehead atoms. The molecule has 31 heavy (non-hydrogen) atoms. The van der Waals surface area contributed by atoms with Gasteiger partial charge in [0.15, 0.2) is 5.16 Å². The van der Waals surface area contributed by atoms with Gasteiger partial charge in [-0.05, 0) is 56.4 Å². The van der Waals surface area contributed by atoms with Crippen LogP contribution in [-0.2, 0) is 11.2 Å². The molecule has 2 heterocycles.